The molecule has 1 heterocycles. The zero-order valence-corrected chi connectivity index (χ0v) is 17.1. The Labute approximate surface area is 167 Å². The molecule has 0 N–H and O–H groups in total. The van der Waals surface area contributed by atoms with E-state index in [-0.39, 0.29) is 20.1 Å². The average Bonchev–Trinajstić information content (AvgIpc) is 3.12. The molecule has 0 aliphatic heterocycles. The van der Waals surface area contributed by atoms with Gasteiger partial charge in [-0.25, -0.2) is 0 Å². The first-order valence-electron chi connectivity index (χ1n) is 8.41. The maximum absolute atomic E-state index is 4.56. The molecule has 0 amide bonds. The third-order valence-electron chi connectivity index (χ3n) is 4.43. The van der Waals surface area contributed by atoms with Crippen molar-refractivity contribution in [1.82, 2.24) is 9.55 Å². The van der Waals surface area contributed by atoms with Crippen molar-refractivity contribution in [2.24, 2.45) is 0 Å². The van der Waals surface area contributed by atoms with Crippen LogP contribution in [0.3, 0.4) is 0 Å². The van der Waals surface area contributed by atoms with Crippen LogP contribution in [0.2, 0.25) is 0 Å². The summed E-state index contributed by atoms with van der Waals surface area (Å²) in [5.74, 6) is 0.916. The molecule has 1 aromatic heterocycles. The van der Waals surface area contributed by atoms with Crippen LogP contribution in [0.1, 0.15) is 11.1 Å². The van der Waals surface area contributed by atoms with Gasteiger partial charge in [0.25, 0.3) is 0 Å². The molecule has 3 heteroatoms. The van der Waals surface area contributed by atoms with Crippen molar-refractivity contribution in [3.8, 4) is 28.2 Å². The van der Waals surface area contributed by atoms with E-state index in [4.69, 9.17) is 0 Å². The summed E-state index contributed by atoms with van der Waals surface area (Å²) < 4.78 is 2.16. The Morgan fingerprint density at radius 2 is 1.54 bits per heavy atom. The molecule has 3 aromatic carbocycles. The first-order chi connectivity index (χ1) is 12.2. The van der Waals surface area contributed by atoms with Crippen LogP contribution >= 0.6 is 0 Å². The van der Waals surface area contributed by atoms with Gasteiger partial charge >= 0.3 is 0 Å². The van der Waals surface area contributed by atoms with Gasteiger partial charge in [0.15, 0.2) is 0 Å². The van der Waals surface area contributed by atoms with Crippen molar-refractivity contribution in [2.45, 2.75) is 13.8 Å². The summed E-state index contributed by atoms with van der Waals surface area (Å²) in [7, 11) is 0. The average molecular weight is 516 g/mol. The van der Waals surface area contributed by atoms with E-state index in [0.717, 1.165) is 11.4 Å². The normalized spacial score (nSPS) is 10.4. The number of hydrogen-bond acceptors (Lipinski definition) is 1. The van der Waals surface area contributed by atoms with Crippen LogP contribution in [0.25, 0.3) is 28.2 Å². The summed E-state index contributed by atoms with van der Waals surface area (Å²) in [6.45, 7) is 4.32. The molecule has 0 aliphatic carbocycles. The Bertz CT molecular complexity index is 982. The van der Waals surface area contributed by atoms with Gasteiger partial charge in [-0.1, -0.05) is 30.3 Å². The van der Waals surface area contributed by atoms with Crippen molar-refractivity contribution < 1.29 is 20.1 Å². The van der Waals surface area contributed by atoms with Gasteiger partial charge in [-0.15, -0.1) is 35.9 Å². The van der Waals surface area contributed by atoms with E-state index in [1.165, 1.54) is 27.9 Å². The third kappa shape index (κ3) is 3.41. The number of rotatable bonds is 3. The molecule has 0 saturated carbocycles. The summed E-state index contributed by atoms with van der Waals surface area (Å²) in [4.78, 5) is 4.56. The maximum atomic E-state index is 4.56. The minimum Gasteiger partial charge on any atom is -0.340 e. The Hall–Kier alpha value is -2.48. The summed E-state index contributed by atoms with van der Waals surface area (Å²) in [5, 5.41) is 0. The molecule has 0 aliphatic rings. The number of hydrogen-bond donors (Lipinski definition) is 0. The van der Waals surface area contributed by atoms with Gasteiger partial charge in [0.1, 0.15) is 0 Å². The van der Waals surface area contributed by atoms with E-state index in [0.29, 0.717) is 0 Å². The second kappa shape index (κ2) is 7.82. The molecular formula is C23H19IrN2-. The Kier molecular flexibility index (Phi) is 5.51. The van der Waals surface area contributed by atoms with Crippen molar-refractivity contribution >= 4 is 0 Å². The minimum atomic E-state index is 0. The largest absolute Gasteiger partial charge is 0.340 e. The van der Waals surface area contributed by atoms with E-state index in [2.05, 4.69) is 65.9 Å². The molecule has 0 bridgehead atoms. The van der Waals surface area contributed by atoms with Gasteiger partial charge in [-0.05, 0) is 48.2 Å². The first kappa shape index (κ1) is 18.3. The van der Waals surface area contributed by atoms with Crippen molar-refractivity contribution in [3.05, 3.63) is 96.3 Å². The second-order valence-electron chi connectivity index (χ2n) is 6.22. The van der Waals surface area contributed by atoms with E-state index in [1.807, 2.05) is 42.7 Å². The van der Waals surface area contributed by atoms with E-state index >= 15 is 0 Å². The Balaban J connectivity index is 0.00000196. The first-order valence-corrected chi connectivity index (χ1v) is 8.41. The molecule has 0 atom stereocenters. The number of aromatic nitrogens is 2. The zero-order valence-electron chi connectivity index (χ0n) is 14.7. The molecule has 0 unspecified atom stereocenters. The van der Waals surface area contributed by atoms with Crippen LogP contribution < -0.4 is 0 Å². The van der Waals surface area contributed by atoms with Gasteiger partial charge in [-0.2, -0.15) is 0 Å². The molecule has 2 nitrogen and oxygen atoms in total. The third-order valence-corrected chi connectivity index (χ3v) is 4.43. The second-order valence-corrected chi connectivity index (χ2v) is 6.22. The molecule has 0 fully saturated rings. The van der Waals surface area contributed by atoms with E-state index < -0.39 is 0 Å². The van der Waals surface area contributed by atoms with Crippen LogP contribution in [0.5, 0.6) is 0 Å². The number of nitrogens with zero attached hydrogens (tertiary/aromatic N) is 2. The summed E-state index contributed by atoms with van der Waals surface area (Å²) in [6, 6.07) is 26.2. The Morgan fingerprint density at radius 1 is 0.846 bits per heavy atom. The summed E-state index contributed by atoms with van der Waals surface area (Å²) >= 11 is 0. The molecule has 0 spiro atoms. The number of benzene rings is 3. The van der Waals surface area contributed by atoms with Crippen LogP contribution in [0, 0.1) is 19.9 Å². The standard InChI is InChI=1S/C23H19N2.Ir/c1-17-15-21(19-9-5-3-6-10-19)16-18(2)22(17)25-14-13-24-23(25)20-11-7-4-8-12-20;/h3-11,13-16H,1-2H3;/q-1;. The predicted octanol–water partition coefficient (Wildman–Crippen LogP) is 5.62. The van der Waals surface area contributed by atoms with Gasteiger partial charge in [0, 0.05) is 38.2 Å². The van der Waals surface area contributed by atoms with Gasteiger partial charge in [0.2, 0.25) is 0 Å². The monoisotopic (exact) mass is 516 g/mol. The topological polar surface area (TPSA) is 17.8 Å². The number of imidazole rings is 1. The van der Waals surface area contributed by atoms with Crippen molar-refractivity contribution in [3.63, 3.8) is 0 Å². The fourth-order valence-electron chi connectivity index (χ4n) is 3.35. The van der Waals surface area contributed by atoms with E-state index in [1.54, 1.807) is 0 Å². The molecule has 26 heavy (non-hydrogen) atoms. The minimum absolute atomic E-state index is 0. The summed E-state index contributed by atoms with van der Waals surface area (Å²) in [6.07, 6.45) is 3.87. The predicted molar refractivity (Wildman–Crippen MR) is 103 cm³/mol. The molecule has 1 radical (unpaired) electrons. The zero-order chi connectivity index (χ0) is 17.2. The Morgan fingerprint density at radius 3 is 2.19 bits per heavy atom. The molecule has 4 aromatic rings. The maximum Gasteiger partial charge on any atom is 0.0602 e. The van der Waals surface area contributed by atoms with Gasteiger partial charge in [-0.3, -0.25) is 4.98 Å². The van der Waals surface area contributed by atoms with Crippen LogP contribution in [0.4, 0.5) is 0 Å². The van der Waals surface area contributed by atoms with Gasteiger partial charge < -0.3 is 4.57 Å². The smallest absolute Gasteiger partial charge is 0.0602 e. The van der Waals surface area contributed by atoms with Crippen LogP contribution in [0.15, 0.2) is 79.1 Å². The van der Waals surface area contributed by atoms with Crippen molar-refractivity contribution in [1.29, 1.82) is 0 Å². The molecule has 131 valence electrons. The molecule has 4 rings (SSSR count). The quantitative estimate of drug-likeness (QED) is 0.324. The SMILES string of the molecule is Cc1cc(-c2ccccc2)cc(C)c1-n1ccnc1-c1[c-]cccc1.[Ir]. The molecule has 0 saturated heterocycles. The fourth-order valence-corrected chi connectivity index (χ4v) is 3.35. The van der Waals surface area contributed by atoms with Crippen LogP contribution in [-0.2, 0) is 20.1 Å². The van der Waals surface area contributed by atoms with Crippen molar-refractivity contribution in [2.75, 3.05) is 0 Å². The van der Waals surface area contributed by atoms with Gasteiger partial charge in [0.05, 0.1) is 5.82 Å². The fraction of sp³-hybridized carbons (Fsp3) is 0.0870. The molecular weight excluding hydrogens is 496 g/mol. The number of aryl methyl sites for hydroxylation is 2. The van der Waals surface area contributed by atoms with E-state index in [9.17, 15) is 0 Å². The summed E-state index contributed by atoms with van der Waals surface area (Å²) in [5.41, 5.74) is 7.13. The van der Waals surface area contributed by atoms with Crippen LogP contribution in [-0.4, -0.2) is 9.55 Å².